The molecule has 1 aromatic carbocycles. The van der Waals surface area contributed by atoms with E-state index in [-0.39, 0.29) is 0 Å². The minimum Gasteiger partial charge on any atom is -0.299 e. The monoisotopic (exact) mass is 218 g/mol. The van der Waals surface area contributed by atoms with E-state index in [0.29, 0.717) is 12.1 Å². The molecule has 89 valence electrons. The molecular formula is C15H24N. The van der Waals surface area contributed by atoms with Gasteiger partial charge in [0.05, 0.1) is 0 Å². The molecule has 0 unspecified atom stereocenters. The summed E-state index contributed by atoms with van der Waals surface area (Å²) in [7, 11) is 0. The summed E-state index contributed by atoms with van der Waals surface area (Å²) in [6.07, 6.45) is 2.41. The highest BCUT2D eigenvalue weighted by molar-refractivity contribution is 5.13. The van der Waals surface area contributed by atoms with Crippen LogP contribution in [0.1, 0.15) is 39.7 Å². The number of benzene rings is 1. The predicted octanol–water partition coefficient (Wildman–Crippen LogP) is 3.54. The number of nitrogens with zero attached hydrogens (tertiary/aromatic N) is 1. The van der Waals surface area contributed by atoms with Crippen LogP contribution in [0, 0.1) is 6.07 Å². The van der Waals surface area contributed by atoms with Crippen molar-refractivity contribution in [1.29, 1.82) is 0 Å². The molecule has 0 aliphatic heterocycles. The van der Waals surface area contributed by atoms with Crippen LogP contribution in [0.2, 0.25) is 0 Å². The van der Waals surface area contributed by atoms with Crippen LogP contribution < -0.4 is 0 Å². The molecule has 0 amide bonds. The van der Waals surface area contributed by atoms with E-state index in [1.807, 2.05) is 12.1 Å². The van der Waals surface area contributed by atoms with E-state index in [1.165, 1.54) is 24.9 Å². The van der Waals surface area contributed by atoms with Crippen LogP contribution in [0.15, 0.2) is 24.3 Å². The fraction of sp³-hybridized carbons (Fsp3) is 0.600. The predicted molar refractivity (Wildman–Crippen MR) is 70.6 cm³/mol. The van der Waals surface area contributed by atoms with Gasteiger partial charge in [0, 0.05) is 12.1 Å². The van der Waals surface area contributed by atoms with Crippen molar-refractivity contribution in [1.82, 2.24) is 4.90 Å². The van der Waals surface area contributed by atoms with Gasteiger partial charge < -0.3 is 0 Å². The van der Waals surface area contributed by atoms with Crippen LogP contribution in [0.5, 0.6) is 0 Å². The first-order chi connectivity index (χ1) is 7.61. The molecule has 1 rings (SSSR count). The van der Waals surface area contributed by atoms with E-state index in [9.17, 15) is 0 Å². The number of rotatable bonds is 6. The third kappa shape index (κ3) is 4.36. The smallest absolute Gasteiger partial charge is 0.00412 e. The molecule has 1 aromatic rings. The van der Waals surface area contributed by atoms with Crippen LogP contribution in [0.4, 0.5) is 0 Å². The first-order valence-corrected chi connectivity index (χ1v) is 6.32. The van der Waals surface area contributed by atoms with Crippen molar-refractivity contribution in [2.75, 3.05) is 6.54 Å². The van der Waals surface area contributed by atoms with Crippen molar-refractivity contribution >= 4 is 0 Å². The zero-order valence-electron chi connectivity index (χ0n) is 11.0. The van der Waals surface area contributed by atoms with E-state index < -0.39 is 0 Å². The molecular weight excluding hydrogens is 194 g/mol. The van der Waals surface area contributed by atoms with Gasteiger partial charge in [-0.1, -0.05) is 24.3 Å². The first kappa shape index (κ1) is 13.2. The molecule has 0 aromatic heterocycles. The normalized spacial score (nSPS) is 11.7. The second-order valence-corrected chi connectivity index (χ2v) is 4.94. The Morgan fingerprint density at radius 1 is 1.06 bits per heavy atom. The van der Waals surface area contributed by atoms with Crippen LogP contribution in [0.25, 0.3) is 0 Å². The van der Waals surface area contributed by atoms with Crippen LogP contribution in [-0.2, 0) is 6.42 Å². The summed E-state index contributed by atoms with van der Waals surface area (Å²) in [5, 5.41) is 0. The van der Waals surface area contributed by atoms with Crippen LogP contribution >= 0.6 is 0 Å². The van der Waals surface area contributed by atoms with Crippen molar-refractivity contribution in [3.05, 3.63) is 35.9 Å². The Hall–Kier alpha value is -0.820. The first-order valence-electron chi connectivity index (χ1n) is 6.32. The molecule has 16 heavy (non-hydrogen) atoms. The molecule has 0 spiro atoms. The summed E-state index contributed by atoms with van der Waals surface area (Å²) in [5.74, 6) is 0. The Balaban J connectivity index is 2.34. The molecule has 1 heteroatoms. The Bertz CT molecular complexity index is 269. The highest BCUT2D eigenvalue weighted by Crippen LogP contribution is 2.08. The van der Waals surface area contributed by atoms with Gasteiger partial charge in [0.1, 0.15) is 0 Å². The molecule has 0 saturated carbocycles. The van der Waals surface area contributed by atoms with Gasteiger partial charge >= 0.3 is 0 Å². The quantitative estimate of drug-likeness (QED) is 0.706. The van der Waals surface area contributed by atoms with Gasteiger partial charge in [0.25, 0.3) is 0 Å². The van der Waals surface area contributed by atoms with E-state index in [2.05, 4.69) is 50.8 Å². The lowest BCUT2D eigenvalue weighted by Crippen LogP contribution is -2.37. The molecule has 0 heterocycles. The van der Waals surface area contributed by atoms with Gasteiger partial charge in [-0.2, -0.15) is 0 Å². The van der Waals surface area contributed by atoms with Gasteiger partial charge in [-0.3, -0.25) is 4.90 Å². The molecule has 0 bridgehead atoms. The maximum absolute atomic E-state index is 3.06. The summed E-state index contributed by atoms with van der Waals surface area (Å²) in [5.41, 5.74) is 1.42. The van der Waals surface area contributed by atoms with E-state index in [1.54, 1.807) is 0 Å². The van der Waals surface area contributed by atoms with Gasteiger partial charge in [0.2, 0.25) is 0 Å². The fourth-order valence-electron chi connectivity index (χ4n) is 2.17. The summed E-state index contributed by atoms with van der Waals surface area (Å²) in [6.45, 7) is 10.3. The topological polar surface area (TPSA) is 3.24 Å². The zero-order chi connectivity index (χ0) is 12.0. The van der Waals surface area contributed by atoms with Gasteiger partial charge in [0.15, 0.2) is 0 Å². The van der Waals surface area contributed by atoms with Crippen molar-refractivity contribution in [2.45, 2.75) is 52.6 Å². The molecule has 0 fully saturated rings. The second kappa shape index (κ2) is 6.70. The molecule has 0 saturated heterocycles. The number of hydrogen-bond donors (Lipinski definition) is 0. The Morgan fingerprint density at radius 2 is 1.62 bits per heavy atom. The van der Waals surface area contributed by atoms with Crippen LogP contribution in [0.3, 0.4) is 0 Å². The molecule has 0 atom stereocenters. The largest absolute Gasteiger partial charge is 0.299 e. The highest BCUT2D eigenvalue weighted by Gasteiger charge is 2.12. The Morgan fingerprint density at radius 3 is 2.12 bits per heavy atom. The number of hydrogen-bond acceptors (Lipinski definition) is 1. The van der Waals surface area contributed by atoms with Crippen molar-refractivity contribution in [3.63, 3.8) is 0 Å². The minimum absolute atomic E-state index is 0.643. The van der Waals surface area contributed by atoms with E-state index in [0.717, 1.165) is 0 Å². The van der Waals surface area contributed by atoms with Gasteiger partial charge in [-0.15, -0.1) is 0 Å². The summed E-state index contributed by atoms with van der Waals surface area (Å²) >= 11 is 0. The maximum Gasteiger partial charge on any atom is 0.00412 e. The maximum atomic E-state index is 3.06. The lowest BCUT2D eigenvalue weighted by molar-refractivity contribution is 0.173. The van der Waals surface area contributed by atoms with E-state index >= 15 is 0 Å². The van der Waals surface area contributed by atoms with E-state index in [4.69, 9.17) is 0 Å². The average Bonchev–Trinajstić information content (AvgIpc) is 2.24. The Kier molecular flexibility index (Phi) is 5.54. The van der Waals surface area contributed by atoms with Crippen molar-refractivity contribution in [3.8, 4) is 0 Å². The molecule has 1 radical (unpaired) electrons. The molecule has 0 aliphatic rings. The van der Waals surface area contributed by atoms with Gasteiger partial charge in [-0.25, -0.2) is 0 Å². The molecule has 0 N–H and O–H groups in total. The standard InChI is InChI=1S/C15H24N/c1-13(2)16(14(3)4)12-8-11-15-9-6-5-7-10-15/h6-7,9-10,13-14H,8,11-12H2,1-4H3. The SMILES string of the molecule is CC(C)N(CCCc1cc[c]cc1)C(C)C. The third-order valence-electron chi connectivity index (χ3n) is 3.00. The van der Waals surface area contributed by atoms with Gasteiger partial charge in [-0.05, 0) is 58.7 Å². The van der Waals surface area contributed by atoms with Crippen molar-refractivity contribution < 1.29 is 0 Å². The average molecular weight is 218 g/mol. The van der Waals surface area contributed by atoms with Crippen molar-refractivity contribution in [2.24, 2.45) is 0 Å². The lowest BCUT2D eigenvalue weighted by atomic mass is 10.1. The highest BCUT2D eigenvalue weighted by atomic mass is 15.2. The zero-order valence-corrected chi connectivity index (χ0v) is 11.0. The lowest BCUT2D eigenvalue weighted by Gasteiger charge is -2.30. The number of aryl methyl sites for hydroxylation is 1. The molecule has 0 aliphatic carbocycles. The fourth-order valence-corrected chi connectivity index (χ4v) is 2.17. The summed E-state index contributed by atoms with van der Waals surface area (Å²) in [4.78, 5) is 2.55. The minimum atomic E-state index is 0.643. The Labute approximate surface area is 100 Å². The summed E-state index contributed by atoms with van der Waals surface area (Å²) < 4.78 is 0. The summed E-state index contributed by atoms with van der Waals surface area (Å²) in [6, 6.07) is 12.7. The second-order valence-electron chi connectivity index (χ2n) is 4.94. The third-order valence-corrected chi connectivity index (χ3v) is 3.00. The van der Waals surface area contributed by atoms with Crippen LogP contribution in [-0.4, -0.2) is 23.5 Å². The molecule has 1 nitrogen and oxygen atoms in total.